The van der Waals surface area contributed by atoms with Crippen molar-refractivity contribution < 1.29 is 4.74 Å². The highest BCUT2D eigenvalue weighted by Crippen LogP contribution is 2.20. The fraction of sp³-hybridized carbons (Fsp3) is 0.381. The quantitative estimate of drug-likeness (QED) is 0.762. The van der Waals surface area contributed by atoms with Crippen molar-refractivity contribution in [1.82, 2.24) is 14.7 Å². The molecule has 144 valence electrons. The lowest BCUT2D eigenvalue weighted by Gasteiger charge is -2.26. The van der Waals surface area contributed by atoms with E-state index in [9.17, 15) is 4.79 Å². The molecule has 0 saturated heterocycles. The van der Waals surface area contributed by atoms with Crippen LogP contribution in [0, 0.1) is 0 Å². The maximum Gasteiger partial charge on any atom is 0.274 e. The predicted octanol–water partition coefficient (Wildman–Crippen LogP) is 4.01. The molecule has 1 aromatic heterocycles. The van der Waals surface area contributed by atoms with Crippen LogP contribution in [0.1, 0.15) is 31.5 Å². The van der Waals surface area contributed by atoms with Crippen molar-refractivity contribution in [3.8, 4) is 11.4 Å². The third kappa shape index (κ3) is 4.37. The molecule has 3 rings (SSSR count). The van der Waals surface area contributed by atoms with Crippen molar-refractivity contribution >= 4 is 11.6 Å². The van der Waals surface area contributed by atoms with E-state index >= 15 is 0 Å². The van der Waals surface area contributed by atoms with Crippen molar-refractivity contribution in [2.75, 3.05) is 20.2 Å². The molecule has 1 N–H and O–H groups in total. The summed E-state index contributed by atoms with van der Waals surface area (Å²) in [6.07, 6.45) is 5.72. The summed E-state index contributed by atoms with van der Waals surface area (Å²) in [5, 5.41) is 4.15. The largest absolute Gasteiger partial charge is 0.497 e. The van der Waals surface area contributed by atoms with Gasteiger partial charge in [-0.05, 0) is 55.7 Å². The molecule has 0 atom stereocenters. The van der Waals surface area contributed by atoms with Crippen LogP contribution in [0.25, 0.3) is 5.69 Å². The van der Waals surface area contributed by atoms with Crippen LogP contribution in [0.2, 0.25) is 0 Å². The molecule has 1 aromatic carbocycles. The lowest BCUT2D eigenvalue weighted by molar-refractivity contribution is 0.273. The van der Waals surface area contributed by atoms with Gasteiger partial charge in [0.15, 0.2) is 0 Å². The number of H-pyrrole nitrogens is 1. The Hall–Kier alpha value is -2.24. The summed E-state index contributed by atoms with van der Waals surface area (Å²) >= 11 is 6.19. The van der Waals surface area contributed by atoms with E-state index in [1.54, 1.807) is 11.8 Å². The number of halogens is 1. The molecule has 6 heteroatoms. The van der Waals surface area contributed by atoms with Gasteiger partial charge in [-0.15, -0.1) is 0 Å². The number of allylic oxidation sites excluding steroid dienone is 2. The minimum absolute atomic E-state index is 0.0370. The second-order valence-electron chi connectivity index (χ2n) is 6.68. The number of aromatic amines is 1. The van der Waals surface area contributed by atoms with E-state index in [1.165, 1.54) is 5.57 Å². The summed E-state index contributed by atoms with van der Waals surface area (Å²) < 4.78 is 6.81. The van der Waals surface area contributed by atoms with E-state index in [1.807, 2.05) is 44.2 Å². The van der Waals surface area contributed by atoms with Gasteiger partial charge in [0.2, 0.25) is 0 Å². The van der Waals surface area contributed by atoms with E-state index < -0.39 is 0 Å². The number of benzene rings is 1. The number of fused-ring (bicyclic) bond motifs is 1. The predicted molar refractivity (Wildman–Crippen MR) is 110 cm³/mol. The van der Waals surface area contributed by atoms with Crippen molar-refractivity contribution in [1.29, 1.82) is 0 Å². The number of rotatable bonds is 6. The minimum Gasteiger partial charge on any atom is -0.497 e. The van der Waals surface area contributed by atoms with Gasteiger partial charge in [0.25, 0.3) is 5.56 Å². The topological polar surface area (TPSA) is 50.3 Å². The van der Waals surface area contributed by atoms with Gasteiger partial charge in [-0.2, -0.15) is 0 Å². The van der Waals surface area contributed by atoms with Crippen LogP contribution in [0.5, 0.6) is 5.75 Å². The second-order valence-corrected chi connectivity index (χ2v) is 7.16. The normalized spacial score (nSPS) is 15.7. The number of ether oxygens (including phenoxy) is 1. The van der Waals surface area contributed by atoms with Gasteiger partial charge in [-0.3, -0.25) is 14.8 Å². The third-order valence-corrected chi connectivity index (χ3v) is 5.30. The number of methoxy groups -OCH3 is 1. The fourth-order valence-corrected chi connectivity index (χ4v) is 3.45. The molecule has 0 saturated carbocycles. The third-order valence-electron chi connectivity index (χ3n) is 4.92. The first-order valence-electron chi connectivity index (χ1n) is 9.26. The summed E-state index contributed by atoms with van der Waals surface area (Å²) in [6.45, 7) is 6.48. The van der Waals surface area contributed by atoms with Gasteiger partial charge in [0.1, 0.15) is 5.75 Å². The zero-order valence-electron chi connectivity index (χ0n) is 16.1. The Bertz CT molecular complexity index is 906. The van der Waals surface area contributed by atoms with Crippen LogP contribution < -0.4 is 10.3 Å². The molecule has 27 heavy (non-hydrogen) atoms. The Morgan fingerprint density at radius 1 is 1.33 bits per heavy atom. The average molecular weight is 388 g/mol. The van der Waals surface area contributed by atoms with Crippen LogP contribution >= 0.6 is 11.6 Å². The molecule has 2 aromatic rings. The number of nitrogens with one attached hydrogen (secondary N) is 1. The van der Waals surface area contributed by atoms with Crippen LogP contribution in [-0.2, 0) is 13.0 Å². The number of hydrogen-bond acceptors (Lipinski definition) is 3. The van der Waals surface area contributed by atoms with Gasteiger partial charge in [0, 0.05) is 30.2 Å². The molecule has 0 bridgehead atoms. The maximum absolute atomic E-state index is 12.8. The molecule has 1 aliphatic heterocycles. The SMILES string of the molecule is C/C=C(\C=C(\Cl)CC)CN1CCc2c([nH]n(-c3ccc(OC)cc3)c2=O)C1. The molecule has 2 heterocycles. The molecular weight excluding hydrogens is 362 g/mol. The first-order chi connectivity index (χ1) is 13.0. The van der Waals surface area contributed by atoms with Gasteiger partial charge in [0.05, 0.1) is 18.5 Å². The molecule has 0 amide bonds. The number of aromatic nitrogens is 2. The first-order valence-corrected chi connectivity index (χ1v) is 9.64. The summed E-state index contributed by atoms with van der Waals surface area (Å²) in [5.74, 6) is 0.770. The highest BCUT2D eigenvalue weighted by Gasteiger charge is 2.23. The van der Waals surface area contributed by atoms with Crippen LogP contribution in [-0.4, -0.2) is 34.9 Å². The number of hydrogen-bond donors (Lipinski definition) is 1. The van der Waals surface area contributed by atoms with Crippen molar-refractivity contribution in [2.24, 2.45) is 0 Å². The van der Waals surface area contributed by atoms with Crippen molar-refractivity contribution in [3.63, 3.8) is 0 Å². The molecule has 0 aliphatic carbocycles. The molecule has 0 radical (unpaired) electrons. The Morgan fingerprint density at radius 2 is 2.07 bits per heavy atom. The van der Waals surface area contributed by atoms with E-state index in [0.717, 1.165) is 60.2 Å². The zero-order valence-corrected chi connectivity index (χ0v) is 16.8. The summed E-state index contributed by atoms with van der Waals surface area (Å²) in [5.41, 5.74) is 3.92. The van der Waals surface area contributed by atoms with E-state index in [0.29, 0.717) is 0 Å². The Balaban J connectivity index is 1.79. The Kier molecular flexibility index (Phi) is 6.24. The zero-order chi connectivity index (χ0) is 19.4. The van der Waals surface area contributed by atoms with Gasteiger partial charge >= 0.3 is 0 Å². The smallest absolute Gasteiger partial charge is 0.274 e. The molecule has 0 unspecified atom stereocenters. The first kappa shape index (κ1) is 19.5. The van der Waals surface area contributed by atoms with Crippen molar-refractivity contribution in [2.45, 2.75) is 33.2 Å². The Morgan fingerprint density at radius 3 is 2.70 bits per heavy atom. The summed E-state index contributed by atoms with van der Waals surface area (Å²) in [4.78, 5) is 15.1. The standard InChI is InChI=1S/C21H26ClN3O2/c1-4-15(12-16(22)5-2)13-24-11-10-19-20(14-24)23-25(21(19)26)17-6-8-18(27-3)9-7-17/h4,6-9,12,23H,5,10-11,13-14H2,1-3H3/b15-4+,16-12+. The van der Waals surface area contributed by atoms with E-state index in [-0.39, 0.29) is 5.56 Å². The lowest BCUT2D eigenvalue weighted by Crippen LogP contribution is -2.33. The van der Waals surface area contributed by atoms with E-state index in [4.69, 9.17) is 16.3 Å². The molecule has 0 spiro atoms. The summed E-state index contributed by atoms with van der Waals surface area (Å²) in [6, 6.07) is 7.48. The van der Waals surface area contributed by atoms with Crippen LogP contribution in [0.15, 0.2) is 51.8 Å². The van der Waals surface area contributed by atoms with Gasteiger partial charge in [-0.1, -0.05) is 24.6 Å². The molecule has 5 nitrogen and oxygen atoms in total. The Labute approximate surface area is 164 Å². The fourth-order valence-electron chi connectivity index (χ4n) is 3.31. The highest BCUT2D eigenvalue weighted by atomic mass is 35.5. The molecule has 1 aliphatic rings. The highest BCUT2D eigenvalue weighted by molar-refractivity contribution is 6.29. The summed E-state index contributed by atoms with van der Waals surface area (Å²) in [7, 11) is 1.63. The monoisotopic (exact) mass is 387 g/mol. The van der Waals surface area contributed by atoms with Crippen LogP contribution in [0.4, 0.5) is 0 Å². The second kappa shape index (κ2) is 8.63. The maximum atomic E-state index is 12.8. The van der Waals surface area contributed by atoms with Crippen LogP contribution in [0.3, 0.4) is 0 Å². The lowest BCUT2D eigenvalue weighted by atomic mass is 10.1. The van der Waals surface area contributed by atoms with Gasteiger partial charge < -0.3 is 4.74 Å². The van der Waals surface area contributed by atoms with E-state index in [2.05, 4.69) is 16.1 Å². The minimum atomic E-state index is 0.0370. The number of nitrogens with zero attached hydrogens (tertiary/aromatic N) is 2. The average Bonchev–Trinajstić information content (AvgIpc) is 3.03. The molecule has 0 fully saturated rings. The van der Waals surface area contributed by atoms with Gasteiger partial charge in [-0.25, -0.2) is 4.68 Å². The molecular formula is C21H26ClN3O2. The van der Waals surface area contributed by atoms with Crippen molar-refractivity contribution in [3.05, 3.63) is 68.6 Å².